The summed E-state index contributed by atoms with van der Waals surface area (Å²) in [4.78, 5) is 42.4. The van der Waals surface area contributed by atoms with Crippen LogP contribution in [-0.2, 0) is 14.3 Å². The van der Waals surface area contributed by atoms with Gasteiger partial charge in [0.1, 0.15) is 5.01 Å². The Balaban J connectivity index is 1.47. The van der Waals surface area contributed by atoms with Gasteiger partial charge in [0, 0.05) is 19.0 Å². The molecule has 0 aliphatic rings. The molecule has 0 radical (unpaired) electrons. The number of Topliss-reactive ketones (excluding diaryl/α,β-unsaturated/α-hetero) is 1. The Kier molecular flexibility index (Phi) is 6.72. The van der Waals surface area contributed by atoms with Crippen molar-refractivity contribution < 1.29 is 19.1 Å². The number of benzene rings is 2. The normalized spacial score (nSPS) is 11.8. The number of para-hydroxylation sites is 1. The van der Waals surface area contributed by atoms with Crippen molar-refractivity contribution in [3.8, 4) is 0 Å². The van der Waals surface area contributed by atoms with E-state index in [4.69, 9.17) is 4.74 Å². The first-order valence-corrected chi connectivity index (χ1v) is 10.1. The average molecular weight is 410 g/mol. The Hall–Kier alpha value is -3.06. The number of likely N-dealkylation sites (N-methyl/N-ethyl adjacent to an activating group) is 1. The zero-order chi connectivity index (χ0) is 20.8. The van der Waals surface area contributed by atoms with Crippen molar-refractivity contribution >= 4 is 39.2 Å². The summed E-state index contributed by atoms with van der Waals surface area (Å²) in [5.41, 5.74) is 1.45. The first-order chi connectivity index (χ1) is 14.0. The molecule has 29 heavy (non-hydrogen) atoms. The lowest BCUT2D eigenvalue weighted by atomic mass is 10.1. The standard InChI is InChI=1S/C22H22N2O4S/c1-15(22-23-17-10-6-7-11-19(17)29-22)24(2)20(26)14-28-21(27)13-12-18(25)16-8-4-3-5-9-16/h3-11,15H,12-14H2,1-2H3/t15-/m1/s1. The van der Waals surface area contributed by atoms with Crippen LogP contribution in [0.4, 0.5) is 0 Å². The summed E-state index contributed by atoms with van der Waals surface area (Å²) in [5.74, 6) is -1.02. The highest BCUT2D eigenvalue weighted by Gasteiger charge is 2.22. The van der Waals surface area contributed by atoms with E-state index in [1.807, 2.05) is 37.3 Å². The van der Waals surface area contributed by atoms with Crippen LogP contribution < -0.4 is 0 Å². The van der Waals surface area contributed by atoms with Crippen molar-refractivity contribution in [2.24, 2.45) is 0 Å². The second kappa shape index (κ2) is 9.43. The summed E-state index contributed by atoms with van der Waals surface area (Å²) in [7, 11) is 1.66. The van der Waals surface area contributed by atoms with Crippen LogP contribution >= 0.6 is 11.3 Å². The minimum atomic E-state index is -0.566. The Morgan fingerprint density at radius 3 is 2.45 bits per heavy atom. The quantitative estimate of drug-likeness (QED) is 0.414. The van der Waals surface area contributed by atoms with Gasteiger partial charge in [-0.3, -0.25) is 14.4 Å². The highest BCUT2D eigenvalue weighted by molar-refractivity contribution is 7.18. The Bertz CT molecular complexity index is 983. The van der Waals surface area contributed by atoms with Gasteiger partial charge in [-0.25, -0.2) is 4.98 Å². The van der Waals surface area contributed by atoms with Crippen LogP contribution in [0.1, 0.15) is 41.2 Å². The van der Waals surface area contributed by atoms with E-state index in [1.54, 1.807) is 31.3 Å². The monoisotopic (exact) mass is 410 g/mol. The Morgan fingerprint density at radius 1 is 1.03 bits per heavy atom. The summed E-state index contributed by atoms with van der Waals surface area (Å²) in [6, 6.07) is 16.3. The van der Waals surface area contributed by atoms with E-state index in [0.29, 0.717) is 5.56 Å². The van der Waals surface area contributed by atoms with Crippen LogP contribution in [0, 0.1) is 0 Å². The van der Waals surface area contributed by atoms with Crippen LogP contribution in [0.3, 0.4) is 0 Å². The predicted molar refractivity (Wildman–Crippen MR) is 112 cm³/mol. The maximum atomic E-state index is 12.4. The number of rotatable bonds is 8. The number of hydrogen-bond donors (Lipinski definition) is 0. The van der Waals surface area contributed by atoms with Gasteiger partial charge in [0.2, 0.25) is 0 Å². The van der Waals surface area contributed by atoms with Gasteiger partial charge in [0.15, 0.2) is 12.4 Å². The second-order valence-corrected chi connectivity index (χ2v) is 7.71. The molecule has 0 saturated carbocycles. The van der Waals surface area contributed by atoms with Crippen LogP contribution in [0.25, 0.3) is 10.2 Å². The molecular formula is C22H22N2O4S. The third-order valence-corrected chi connectivity index (χ3v) is 5.86. The van der Waals surface area contributed by atoms with Crippen LogP contribution in [0.2, 0.25) is 0 Å². The first kappa shape index (κ1) is 20.7. The molecule has 150 valence electrons. The van der Waals surface area contributed by atoms with E-state index in [9.17, 15) is 14.4 Å². The molecule has 0 fully saturated rings. The number of thiazole rings is 1. The van der Waals surface area contributed by atoms with E-state index < -0.39 is 5.97 Å². The van der Waals surface area contributed by atoms with Gasteiger partial charge in [-0.05, 0) is 19.1 Å². The van der Waals surface area contributed by atoms with Crippen LogP contribution in [-0.4, -0.2) is 41.2 Å². The predicted octanol–water partition coefficient (Wildman–Crippen LogP) is 4.02. The largest absolute Gasteiger partial charge is 0.456 e. The van der Waals surface area contributed by atoms with Crippen molar-refractivity contribution in [3.63, 3.8) is 0 Å². The van der Waals surface area contributed by atoms with Crippen molar-refractivity contribution in [1.82, 2.24) is 9.88 Å². The number of carbonyl (C=O) groups excluding carboxylic acids is 3. The maximum absolute atomic E-state index is 12.4. The summed E-state index contributed by atoms with van der Waals surface area (Å²) in [5, 5.41) is 0.821. The van der Waals surface area contributed by atoms with Gasteiger partial charge in [0.25, 0.3) is 5.91 Å². The SMILES string of the molecule is C[C@H](c1nc2ccccc2s1)N(C)C(=O)COC(=O)CCC(=O)c1ccccc1. The first-order valence-electron chi connectivity index (χ1n) is 9.30. The molecule has 3 aromatic rings. The number of nitrogens with zero attached hydrogens (tertiary/aromatic N) is 2. The topological polar surface area (TPSA) is 76.6 Å². The van der Waals surface area contributed by atoms with Crippen molar-refractivity contribution in [3.05, 3.63) is 65.2 Å². The Morgan fingerprint density at radius 2 is 1.72 bits per heavy atom. The minimum Gasteiger partial charge on any atom is -0.456 e. The fraction of sp³-hybridized carbons (Fsp3) is 0.273. The van der Waals surface area contributed by atoms with Gasteiger partial charge in [-0.2, -0.15) is 0 Å². The fourth-order valence-electron chi connectivity index (χ4n) is 2.75. The molecule has 0 spiro atoms. The van der Waals surface area contributed by atoms with Gasteiger partial charge >= 0.3 is 5.97 Å². The molecule has 2 aromatic carbocycles. The number of fused-ring (bicyclic) bond motifs is 1. The number of esters is 1. The maximum Gasteiger partial charge on any atom is 0.306 e. The van der Waals surface area contributed by atoms with Crippen molar-refractivity contribution in [2.75, 3.05) is 13.7 Å². The number of amides is 1. The molecule has 0 unspecified atom stereocenters. The third-order valence-electron chi connectivity index (χ3n) is 4.65. The zero-order valence-corrected chi connectivity index (χ0v) is 17.1. The number of hydrogen-bond acceptors (Lipinski definition) is 6. The van der Waals surface area contributed by atoms with Gasteiger partial charge in [0.05, 0.1) is 22.7 Å². The molecule has 0 aliphatic carbocycles. The molecule has 0 N–H and O–H groups in total. The number of carbonyl (C=O) groups is 3. The molecule has 1 aromatic heterocycles. The Labute approximate surface area is 173 Å². The lowest BCUT2D eigenvalue weighted by Gasteiger charge is -2.23. The highest BCUT2D eigenvalue weighted by Crippen LogP contribution is 2.28. The molecule has 1 amide bonds. The van der Waals surface area contributed by atoms with E-state index in [1.165, 1.54) is 16.2 Å². The molecule has 6 nitrogen and oxygen atoms in total. The van der Waals surface area contributed by atoms with E-state index in [2.05, 4.69) is 4.98 Å². The molecule has 0 saturated heterocycles. The summed E-state index contributed by atoms with van der Waals surface area (Å²) in [6.07, 6.45) is -0.00682. The van der Waals surface area contributed by atoms with E-state index in [0.717, 1.165) is 15.2 Å². The fourth-order valence-corrected chi connectivity index (χ4v) is 3.81. The van der Waals surface area contributed by atoms with Crippen molar-refractivity contribution in [2.45, 2.75) is 25.8 Å². The summed E-state index contributed by atoms with van der Waals surface area (Å²) < 4.78 is 6.12. The van der Waals surface area contributed by atoms with Crippen molar-refractivity contribution in [1.29, 1.82) is 0 Å². The van der Waals surface area contributed by atoms with E-state index >= 15 is 0 Å². The molecule has 7 heteroatoms. The lowest BCUT2D eigenvalue weighted by Crippen LogP contribution is -2.33. The van der Waals surface area contributed by atoms with Crippen LogP contribution in [0.15, 0.2) is 54.6 Å². The molecular weight excluding hydrogens is 388 g/mol. The molecule has 0 aliphatic heterocycles. The number of ketones is 1. The van der Waals surface area contributed by atoms with Gasteiger partial charge < -0.3 is 9.64 Å². The highest BCUT2D eigenvalue weighted by atomic mass is 32.1. The summed E-state index contributed by atoms with van der Waals surface area (Å²) in [6.45, 7) is 1.53. The molecule has 1 atom stereocenters. The zero-order valence-electron chi connectivity index (χ0n) is 16.3. The van der Waals surface area contributed by atoms with Gasteiger partial charge in [-0.1, -0.05) is 42.5 Å². The van der Waals surface area contributed by atoms with Crippen LogP contribution in [0.5, 0.6) is 0 Å². The average Bonchev–Trinajstić information content (AvgIpc) is 3.19. The summed E-state index contributed by atoms with van der Waals surface area (Å²) >= 11 is 1.53. The van der Waals surface area contributed by atoms with E-state index in [-0.39, 0.29) is 37.2 Å². The molecule has 1 heterocycles. The molecule has 3 rings (SSSR count). The second-order valence-electron chi connectivity index (χ2n) is 6.65. The minimum absolute atomic E-state index is 0.0506. The third kappa shape index (κ3) is 5.26. The lowest BCUT2D eigenvalue weighted by molar-refractivity contribution is -0.152. The molecule has 0 bridgehead atoms. The smallest absolute Gasteiger partial charge is 0.306 e. The van der Waals surface area contributed by atoms with Gasteiger partial charge in [-0.15, -0.1) is 11.3 Å². The number of aromatic nitrogens is 1. The number of ether oxygens (including phenoxy) is 1.